The van der Waals surface area contributed by atoms with Gasteiger partial charge in [-0.05, 0) is 49.9 Å². The third kappa shape index (κ3) is 4.48. The van der Waals surface area contributed by atoms with Crippen molar-refractivity contribution < 1.29 is 14.0 Å². The smallest absolute Gasteiger partial charge is 0.254 e. The van der Waals surface area contributed by atoms with Crippen LogP contribution in [-0.2, 0) is 4.79 Å². The molecular weight excluding hydrogens is 331 g/mol. The Kier molecular flexibility index (Phi) is 6.14. The van der Waals surface area contributed by atoms with Crippen LogP contribution >= 0.6 is 0 Å². The topological polar surface area (TPSA) is 58.2 Å². The molecule has 0 aliphatic heterocycles. The highest BCUT2D eigenvalue weighted by Crippen LogP contribution is 2.22. The van der Waals surface area contributed by atoms with E-state index in [0.717, 1.165) is 22.4 Å². The number of carbonyl (C=O) groups is 2. The minimum atomic E-state index is -0.776. The minimum Gasteiger partial charge on any atom is -0.340 e. The van der Waals surface area contributed by atoms with E-state index >= 15 is 0 Å². The van der Waals surface area contributed by atoms with E-state index in [-0.39, 0.29) is 17.4 Å². The molecule has 0 unspecified atom stereocenters. The van der Waals surface area contributed by atoms with Crippen molar-refractivity contribution >= 4 is 17.5 Å². The second kappa shape index (κ2) is 8.13. The summed E-state index contributed by atoms with van der Waals surface area (Å²) in [6.07, 6.45) is 0. The highest BCUT2D eigenvalue weighted by molar-refractivity contribution is 6.02. The average molecular weight is 356 g/mol. The van der Waals surface area contributed by atoms with Crippen molar-refractivity contribution in [1.29, 1.82) is 0 Å². The molecule has 0 bridgehead atoms. The van der Waals surface area contributed by atoms with Crippen LogP contribution in [0.1, 0.15) is 40.9 Å². The summed E-state index contributed by atoms with van der Waals surface area (Å²) in [5.41, 5.74) is 3.70. The lowest BCUT2D eigenvalue weighted by molar-refractivity contribution is -0.118. The molecule has 5 heteroatoms. The summed E-state index contributed by atoms with van der Waals surface area (Å²) in [5, 5.41) is 5.56. The van der Waals surface area contributed by atoms with Gasteiger partial charge in [-0.15, -0.1) is 0 Å². The number of hydrogen-bond donors (Lipinski definition) is 2. The Morgan fingerprint density at radius 2 is 1.58 bits per heavy atom. The van der Waals surface area contributed by atoms with Gasteiger partial charge in [0.25, 0.3) is 5.91 Å². The Morgan fingerprint density at radius 1 is 1.00 bits per heavy atom. The predicted octanol–water partition coefficient (Wildman–Crippen LogP) is 4.14. The first-order valence-electron chi connectivity index (χ1n) is 8.64. The summed E-state index contributed by atoms with van der Waals surface area (Å²) in [5.74, 6) is -1.69. The highest BCUT2D eigenvalue weighted by Gasteiger charge is 2.26. The van der Waals surface area contributed by atoms with E-state index in [9.17, 15) is 14.0 Å². The first kappa shape index (κ1) is 19.6. The van der Waals surface area contributed by atoms with Gasteiger partial charge in [-0.2, -0.15) is 0 Å². The molecule has 2 aromatic carbocycles. The standard InChI is InChI=1S/C21H25FN2O2/c1-12(2)18(23-20(25)16-8-6-7-9-17(16)22)21(26)24-19-14(4)10-13(3)11-15(19)5/h6-12,18H,1-5H3,(H,23,25)(H,24,26)/t18-/m0/s1. The molecule has 0 aliphatic rings. The van der Waals surface area contributed by atoms with Crippen molar-refractivity contribution in [3.05, 3.63) is 64.5 Å². The van der Waals surface area contributed by atoms with E-state index < -0.39 is 17.8 Å². The molecule has 0 saturated carbocycles. The summed E-state index contributed by atoms with van der Waals surface area (Å²) < 4.78 is 13.8. The molecule has 2 amide bonds. The van der Waals surface area contributed by atoms with Crippen LogP contribution in [-0.4, -0.2) is 17.9 Å². The van der Waals surface area contributed by atoms with Crippen molar-refractivity contribution in [1.82, 2.24) is 5.32 Å². The Bertz CT molecular complexity index is 808. The summed E-state index contributed by atoms with van der Waals surface area (Å²) in [6, 6.07) is 8.92. The number of aryl methyl sites for hydroxylation is 3. The van der Waals surface area contributed by atoms with Crippen LogP contribution in [0.5, 0.6) is 0 Å². The largest absolute Gasteiger partial charge is 0.340 e. The van der Waals surface area contributed by atoms with E-state index in [1.807, 2.05) is 46.8 Å². The quantitative estimate of drug-likeness (QED) is 0.846. The molecule has 138 valence electrons. The number of nitrogens with one attached hydrogen (secondary N) is 2. The number of hydrogen-bond acceptors (Lipinski definition) is 2. The maximum absolute atomic E-state index is 13.8. The van der Waals surface area contributed by atoms with Gasteiger partial charge in [0.2, 0.25) is 5.91 Å². The highest BCUT2D eigenvalue weighted by atomic mass is 19.1. The van der Waals surface area contributed by atoms with Crippen LogP contribution in [0.2, 0.25) is 0 Å². The second-order valence-electron chi connectivity index (χ2n) is 6.94. The summed E-state index contributed by atoms with van der Waals surface area (Å²) in [6.45, 7) is 9.52. The maximum atomic E-state index is 13.8. The lowest BCUT2D eigenvalue weighted by Crippen LogP contribution is -2.47. The lowest BCUT2D eigenvalue weighted by atomic mass is 10.0. The number of carbonyl (C=O) groups excluding carboxylic acids is 2. The second-order valence-corrected chi connectivity index (χ2v) is 6.94. The lowest BCUT2D eigenvalue weighted by Gasteiger charge is -2.23. The fourth-order valence-electron chi connectivity index (χ4n) is 2.98. The number of rotatable bonds is 5. The SMILES string of the molecule is Cc1cc(C)c(NC(=O)[C@@H](NC(=O)c2ccccc2F)C(C)C)c(C)c1. The van der Waals surface area contributed by atoms with Crippen LogP contribution in [0.15, 0.2) is 36.4 Å². The van der Waals surface area contributed by atoms with Gasteiger partial charge >= 0.3 is 0 Å². The first-order chi connectivity index (χ1) is 12.2. The molecule has 2 aromatic rings. The van der Waals surface area contributed by atoms with E-state index in [1.54, 1.807) is 6.07 Å². The molecule has 1 atom stereocenters. The molecule has 4 nitrogen and oxygen atoms in total. The minimum absolute atomic E-state index is 0.0753. The summed E-state index contributed by atoms with van der Waals surface area (Å²) >= 11 is 0. The average Bonchev–Trinajstić information content (AvgIpc) is 2.55. The Balaban J connectivity index is 2.21. The van der Waals surface area contributed by atoms with Crippen LogP contribution in [0, 0.1) is 32.5 Å². The van der Waals surface area contributed by atoms with Gasteiger partial charge in [-0.1, -0.05) is 43.7 Å². The van der Waals surface area contributed by atoms with Crippen molar-refractivity contribution in [2.24, 2.45) is 5.92 Å². The molecular formula is C21H25FN2O2. The zero-order valence-corrected chi connectivity index (χ0v) is 15.8. The molecule has 0 spiro atoms. The normalized spacial score (nSPS) is 12.0. The Morgan fingerprint density at radius 3 is 2.12 bits per heavy atom. The molecule has 2 rings (SSSR count). The van der Waals surface area contributed by atoms with Crippen molar-refractivity contribution in [2.45, 2.75) is 40.7 Å². The van der Waals surface area contributed by atoms with Crippen LogP contribution in [0.3, 0.4) is 0 Å². The molecule has 0 aromatic heterocycles. The van der Waals surface area contributed by atoms with E-state index in [2.05, 4.69) is 10.6 Å². The predicted molar refractivity (Wildman–Crippen MR) is 102 cm³/mol. The van der Waals surface area contributed by atoms with Gasteiger partial charge in [-0.25, -0.2) is 4.39 Å². The van der Waals surface area contributed by atoms with Crippen molar-refractivity contribution in [3.63, 3.8) is 0 Å². The number of amides is 2. The van der Waals surface area contributed by atoms with Crippen molar-refractivity contribution in [3.8, 4) is 0 Å². The van der Waals surface area contributed by atoms with Gasteiger partial charge in [0.1, 0.15) is 11.9 Å². The summed E-state index contributed by atoms with van der Waals surface area (Å²) in [4.78, 5) is 25.2. The Hall–Kier alpha value is -2.69. The van der Waals surface area contributed by atoms with Gasteiger partial charge in [-0.3, -0.25) is 9.59 Å². The van der Waals surface area contributed by atoms with Crippen LogP contribution in [0.4, 0.5) is 10.1 Å². The maximum Gasteiger partial charge on any atom is 0.254 e. The molecule has 26 heavy (non-hydrogen) atoms. The van der Waals surface area contributed by atoms with E-state index in [4.69, 9.17) is 0 Å². The number of benzene rings is 2. The monoisotopic (exact) mass is 356 g/mol. The zero-order chi connectivity index (χ0) is 19.4. The molecule has 0 heterocycles. The molecule has 2 N–H and O–H groups in total. The number of halogens is 1. The third-order valence-electron chi connectivity index (χ3n) is 4.28. The van der Waals surface area contributed by atoms with Crippen molar-refractivity contribution in [2.75, 3.05) is 5.32 Å². The Labute approximate surface area is 153 Å². The molecule has 0 fully saturated rings. The fourth-order valence-corrected chi connectivity index (χ4v) is 2.98. The van der Waals surface area contributed by atoms with E-state index in [0.29, 0.717) is 0 Å². The third-order valence-corrected chi connectivity index (χ3v) is 4.28. The van der Waals surface area contributed by atoms with Gasteiger partial charge in [0.05, 0.1) is 5.56 Å². The van der Waals surface area contributed by atoms with Crippen LogP contribution in [0.25, 0.3) is 0 Å². The van der Waals surface area contributed by atoms with Crippen LogP contribution < -0.4 is 10.6 Å². The van der Waals surface area contributed by atoms with Gasteiger partial charge in [0, 0.05) is 5.69 Å². The summed E-state index contributed by atoms with van der Waals surface area (Å²) in [7, 11) is 0. The molecule has 0 aliphatic carbocycles. The molecule has 0 radical (unpaired) electrons. The van der Waals surface area contributed by atoms with Gasteiger partial charge < -0.3 is 10.6 Å². The zero-order valence-electron chi connectivity index (χ0n) is 15.8. The molecule has 0 saturated heterocycles. The van der Waals surface area contributed by atoms with E-state index in [1.165, 1.54) is 18.2 Å². The first-order valence-corrected chi connectivity index (χ1v) is 8.64. The van der Waals surface area contributed by atoms with Gasteiger partial charge in [0.15, 0.2) is 0 Å². The fraction of sp³-hybridized carbons (Fsp3) is 0.333. The number of anilines is 1.